The number of rotatable bonds is 2. The highest BCUT2D eigenvalue weighted by Crippen LogP contribution is 2.30. The average Bonchev–Trinajstić information content (AvgIpc) is 2.97. The molecular formula is C18H18ClF3N4O. The highest BCUT2D eigenvalue weighted by molar-refractivity contribution is 6.29. The molecule has 5 nitrogen and oxygen atoms in total. The van der Waals surface area contributed by atoms with Crippen LogP contribution in [0.3, 0.4) is 0 Å². The van der Waals surface area contributed by atoms with Gasteiger partial charge in [-0.1, -0.05) is 23.4 Å². The minimum absolute atomic E-state index is 0.136. The molecule has 1 aliphatic carbocycles. The molecule has 0 amide bonds. The van der Waals surface area contributed by atoms with Crippen LogP contribution in [0.4, 0.5) is 18.9 Å². The van der Waals surface area contributed by atoms with Crippen LogP contribution in [0, 0.1) is 11.8 Å². The Bertz CT molecular complexity index is 877. The van der Waals surface area contributed by atoms with Gasteiger partial charge >= 0.3 is 6.18 Å². The normalized spacial score (nSPS) is 20.1. The van der Waals surface area contributed by atoms with E-state index in [1.54, 1.807) is 6.07 Å². The number of pyridine rings is 1. The van der Waals surface area contributed by atoms with E-state index in [0.29, 0.717) is 24.1 Å². The number of alkyl halides is 3. The van der Waals surface area contributed by atoms with Crippen molar-refractivity contribution in [3.8, 4) is 11.8 Å². The molecule has 2 aromatic heterocycles. The summed E-state index contributed by atoms with van der Waals surface area (Å²) in [6, 6.07) is 1.74. The number of aromatic nitrogens is 3. The molecular weight excluding hydrogens is 381 g/mol. The Morgan fingerprint density at radius 3 is 2.56 bits per heavy atom. The van der Waals surface area contributed by atoms with Crippen molar-refractivity contribution in [2.75, 3.05) is 5.32 Å². The summed E-state index contributed by atoms with van der Waals surface area (Å²) in [5, 5.41) is 16.6. The SMILES string of the molecule is Cn1cc(C#Cc2cnc(Cl)cc2N[C@H]2CC[C@@H](O)CC2)c(C(F)(F)F)n1. The van der Waals surface area contributed by atoms with E-state index in [1.807, 2.05) is 0 Å². The number of halogens is 4. The van der Waals surface area contributed by atoms with Crippen molar-refractivity contribution in [2.24, 2.45) is 7.05 Å². The highest BCUT2D eigenvalue weighted by Gasteiger charge is 2.36. The first-order chi connectivity index (χ1) is 12.7. The lowest BCUT2D eigenvalue weighted by Crippen LogP contribution is -2.28. The molecule has 0 aromatic carbocycles. The summed E-state index contributed by atoms with van der Waals surface area (Å²) in [5.41, 5.74) is -0.161. The fourth-order valence-electron chi connectivity index (χ4n) is 3.01. The van der Waals surface area contributed by atoms with E-state index in [-0.39, 0.29) is 22.9 Å². The number of aryl methyl sites for hydroxylation is 1. The number of aliphatic hydroxyl groups excluding tert-OH is 1. The average molecular weight is 399 g/mol. The fraction of sp³-hybridized carbons (Fsp3) is 0.444. The van der Waals surface area contributed by atoms with Crippen molar-refractivity contribution in [3.63, 3.8) is 0 Å². The van der Waals surface area contributed by atoms with Gasteiger partial charge in [-0.05, 0) is 31.7 Å². The van der Waals surface area contributed by atoms with Gasteiger partial charge in [0.05, 0.1) is 22.9 Å². The fourth-order valence-corrected chi connectivity index (χ4v) is 3.17. The number of anilines is 1. The van der Waals surface area contributed by atoms with Crippen LogP contribution >= 0.6 is 11.6 Å². The Morgan fingerprint density at radius 2 is 1.89 bits per heavy atom. The number of nitrogens with one attached hydrogen (secondary N) is 1. The van der Waals surface area contributed by atoms with E-state index in [4.69, 9.17) is 11.6 Å². The van der Waals surface area contributed by atoms with Gasteiger partial charge in [0.25, 0.3) is 0 Å². The molecule has 0 unspecified atom stereocenters. The van der Waals surface area contributed by atoms with Crippen LogP contribution in [0.15, 0.2) is 18.5 Å². The molecule has 0 aliphatic heterocycles. The van der Waals surface area contributed by atoms with Gasteiger partial charge in [-0.25, -0.2) is 4.98 Å². The van der Waals surface area contributed by atoms with Crippen LogP contribution in [0.1, 0.15) is 42.5 Å². The second kappa shape index (κ2) is 7.79. The van der Waals surface area contributed by atoms with E-state index < -0.39 is 11.9 Å². The third-order valence-electron chi connectivity index (χ3n) is 4.36. The first kappa shape index (κ1) is 19.5. The lowest BCUT2D eigenvalue weighted by atomic mass is 9.93. The maximum absolute atomic E-state index is 13.1. The molecule has 27 heavy (non-hydrogen) atoms. The zero-order valence-corrected chi connectivity index (χ0v) is 15.3. The second-order valence-electron chi connectivity index (χ2n) is 6.52. The maximum atomic E-state index is 13.1. The zero-order chi connectivity index (χ0) is 19.6. The number of nitrogens with zero attached hydrogens (tertiary/aromatic N) is 3. The summed E-state index contributed by atoms with van der Waals surface area (Å²) < 4.78 is 40.2. The van der Waals surface area contributed by atoms with E-state index >= 15 is 0 Å². The smallest absolute Gasteiger partial charge is 0.393 e. The number of hydrogen-bond donors (Lipinski definition) is 2. The van der Waals surface area contributed by atoms with Crippen LogP contribution in [-0.4, -0.2) is 32.0 Å². The van der Waals surface area contributed by atoms with Gasteiger partial charge in [-0.2, -0.15) is 18.3 Å². The molecule has 9 heteroatoms. The van der Waals surface area contributed by atoms with Crippen LogP contribution in [0.5, 0.6) is 0 Å². The van der Waals surface area contributed by atoms with Crippen LogP contribution in [0.25, 0.3) is 0 Å². The Balaban J connectivity index is 1.88. The van der Waals surface area contributed by atoms with Crippen molar-refractivity contribution >= 4 is 17.3 Å². The number of aliphatic hydroxyl groups is 1. The van der Waals surface area contributed by atoms with Gasteiger partial charge in [0, 0.05) is 25.5 Å². The minimum atomic E-state index is -4.58. The Hall–Kier alpha value is -2.24. The quantitative estimate of drug-likeness (QED) is 0.599. The van der Waals surface area contributed by atoms with Gasteiger partial charge in [0.15, 0.2) is 5.69 Å². The Kier molecular flexibility index (Phi) is 5.63. The molecule has 0 radical (unpaired) electrons. The molecule has 0 bridgehead atoms. The summed E-state index contributed by atoms with van der Waals surface area (Å²) in [7, 11) is 1.41. The summed E-state index contributed by atoms with van der Waals surface area (Å²) in [6.45, 7) is 0. The molecule has 2 aromatic rings. The largest absolute Gasteiger partial charge is 0.436 e. The predicted molar refractivity (Wildman–Crippen MR) is 95.3 cm³/mol. The van der Waals surface area contributed by atoms with E-state index in [0.717, 1.165) is 17.5 Å². The Labute approximate surface area is 159 Å². The van der Waals surface area contributed by atoms with Crippen molar-refractivity contribution in [2.45, 2.75) is 44.0 Å². The molecule has 1 fully saturated rings. The topological polar surface area (TPSA) is 63.0 Å². The summed E-state index contributed by atoms with van der Waals surface area (Å²) in [5.74, 6) is 5.29. The van der Waals surface area contributed by atoms with Crippen molar-refractivity contribution in [1.29, 1.82) is 0 Å². The maximum Gasteiger partial charge on any atom is 0.436 e. The zero-order valence-electron chi connectivity index (χ0n) is 14.5. The van der Waals surface area contributed by atoms with Crippen molar-refractivity contribution in [1.82, 2.24) is 14.8 Å². The number of hydrogen-bond acceptors (Lipinski definition) is 4. The van der Waals surface area contributed by atoms with Gasteiger partial charge in [0.2, 0.25) is 0 Å². The van der Waals surface area contributed by atoms with Gasteiger partial charge in [-0.15, -0.1) is 0 Å². The lowest BCUT2D eigenvalue weighted by Gasteiger charge is -2.27. The third-order valence-corrected chi connectivity index (χ3v) is 4.56. The predicted octanol–water partition coefficient (Wildman–Crippen LogP) is 3.60. The summed E-state index contributed by atoms with van der Waals surface area (Å²) >= 11 is 5.96. The van der Waals surface area contributed by atoms with Gasteiger partial charge < -0.3 is 10.4 Å². The highest BCUT2D eigenvalue weighted by atomic mass is 35.5. The minimum Gasteiger partial charge on any atom is -0.393 e. The van der Waals surface area contributed by atoms with Crippen LogP contribution in [0.2, 0.25) is 5.15 Å². The standard InChI is InChI=1S/C18H18ClF3N4O/c1-26-10-12(17(25-26)18(20,21)22)3-2-11-9-23-16(19)8-15(11)24-13-4-6-14(27)7-5-13/h8-10,13-14,27H,4-7H2,1H3,(H,23,24)/t13-,14+. The molecule has 1 saturated carbocycles. The molecule has 0 spiro atoms. The molecule has 3 rings (SSSR count). The van der Waals surface area contributed by atoms with E-state index in [9.17, 15) is 18.3 Å². The molecule has 144 valence electrons. The first-order valence-electron chi connectivity index (χ1n) is 8.45. The van der Waals surface area contributed by atoms with Gasteiger partial charge in [-0.3, -0.25) is 4.68 Å². The van der Waals surface area contributed by atoms with E-state index in [1.165, 1.54) is 19.4 Å². The second-order valence-corrected chi connectivity index (χ2v) is 6.90. The monoisotopic (exact) mass is 398 g/mol. The Morgan fingerprint density at radius 1 is 1.22 bits per heavy atom. The summed E-state index contributed by atoms with van der Waals surface area (Å²) in [6.07, 6.45) is 0.768. The molecule has 1 aliphatic rings. The van der Waals surface area contributed by atoms with E-state index in [2.05, 4.69) is 27.2 Å². The van der Waals surface area contributed by atoms with Crippen LogP contribution < -0.4 is 5.32 Å². The molecule has 0 atom stereocenters. The van der Waals surface area contributed by atoms with Crippen molar-refractivity contribution in [3.05, 3.63) is 40.4 Å². The van der Waals surface area contributed by atoms with Crippen molar-refractivity contribution < 1.29 is 18.3 Å². The first-order valence-corrected chi connectivity index (χ1v) is 8.83. The molecule has 2 N–H and O–H groups in total. The third kappa shape index (κ3) is 4.93. The summed E-state index contributed by atoms with van der Waals surface area (Å²) in [4.78, 5) is 3.97. The van der Waals surface area contributed by atoms with Crippen LogP contribution in [-0.2, 0) is 13.2 Å². The molecule has 2 heterocycles. The molecule has 0 saturated heterocycles. The van der Waals surface area contributed by atoms with Gasteiger partial charge in [0.1, 0.15) is 5.15 Å². The lowest BCUT2D eigenvalue weighted by molar-refractivity contribution is -0.141.